The lowest BCUT2D eigenvalue weighted by Crippen LogP contribution is -1.81. The van der Waals surface area contributed by atoms with Crippen molar-refractivity contribution in [3.05, 3.63) is 35.3 Å². The first-order chi connectivity index (χ1) is 6.66. The molecule has 0 radical (unpaired) electrons. The highest BCUT2D eigenvalue weighted by Gasteiger charge is 1.98. The summed E-state index contributed by atoms with van der Waals surface area (Å²) in [5, 5.41) is 0. The largest absolute Gasteiger partial charge is 0.345 e. The second kappa shape index (κ2) is 3.06. The lowest BCUT2D eigenvalue weighted by molar-refractivity contribution is 1.24. The van der Waals surface area contributed by atoms with E-state index in [-0.39, 0.29) is 12.3 Å². The molecule has 0 aliphatic rings. The van der Waals surface area contributed by atoms with Crippen LogP contribution in [0.15, 0.2) is 35.3 Å². The molecule has 0 atom stereocenters. The summed E-state index contributed by atoms with van der Waals surface area (Å²) in [4.78, 5) is 10.6. The fraction of sp³-hybridized carbons (Fsp3) is 0. The fourth-order valence-corrected chi connectivity index (χ4v) is 1.09. The van der Waals surface area contributed by atoms with Crippen LogP contribution >= 0.6 is 15.9 Å². The summed E-state index contributed by atoms with van der Waals surface area (Å²) in [5.41, 5.74) is 0.764. The van der Waals surface area contributed by atoms with Crippen LogP contribution in [0.4, 0.5) is 0 Å². The first kappa shape index (κ1) is 5.48. The Hall–Kier alpha value is -1.16. The monoisotopic (exact) mass is 225 g/mol. The Kier molecular flexibility index (Phi) is 1.40. The molecule has 0 saturated carbocycles. The van der Waals surface area contributed by atoms with E-state index < -0.39 is 0 Å². The van der Waals surface area contributed by atoms with Gasteiger partial charge in [-0.1, -0.05) is 0 Å². The summed E-state index contributed by atoms with van der Waals surface area (Å²) >= 11 is 3.22. The van der Waals surface area contributed by atoms with Gasteiger partial charge in [-0.05, 0) is 28.1 Å². The van der Waals surface area contributed by atoms with Crippen molar-refractivity contribution < 1.29 is 2.74 Å². The molecule has 2 rings (SSSR count). The molecule has 1 N–H and O–H groups in total. The van der Waals surface area contributed by atoms with Crippen LogP contribution in [0.2, 0.25) is 0 Å². The van der Waals surface area contributed by atoms with E-state index in [1.807, 2.05) is 6.07 Å². The van der Waals surface area contributed by atoms with E-state index in [2.05, 4.69) is 30.9 Å². The van der Waals surface area contributed by atoms with Crippen molar-refractivity contribution in [2.75, 3.05) is 0 Å². The van der Waals surface area contributed by atoms with E-state index in [4.69, 9.17) is 2.74 Å². The smallest absolute Gasteiger partial charge is 0.138 e. The number of hydrogen-bond donors (Lipinski definition) is 1. The maximum Gasteiger partial charge on any atom is 0.138 e. The standard InChI is InChI=1S/C8H6BrN3/c9-7-2-1-6(5-12-7)8-10-3-4-11-8/h1-5H,(H,10,11)/i3D,4D. The molecule has 60 valence electrons. The van der Waals surface area contributed by atoms with Gasteiger partial charge in [-0.15, -0.1) is 0 Å². The van der Waals surface area contributed by atoms with Crippen LogP contribution in [0.1, 0.15) is 2.74 Å². The molecule has 0 aliphatic heterocycles. The van der Waals surface area contributed by atoms with Gasteiger partial charge in [0.05, 0.1) is 2.74 Å². The minimum absolute atomic E-state index is 0.0166. The van der Waals surface area contributed by atoms with E-state index in [1.54, 1.807) is 12.3 Å². The van der Waals surface area contributed by atoms with E-state index in [1.165, 1.54) is 0 Å². The zero-order chi connectivity index (χ0) is 10.1. The highest BCUT2D eigenvalue weighted by Crippen LogP contribution is 2.14. The Bertz CT molecular complexity index is 433. The molecule has 0 saturated heterocycles. The van der Waals surface area contributed by atoms with Gasteiger partial charge in [-0.3, -0.25) is 0 Å². The molecule has 0 aromatic carbocycles. The SMILES string of the molecule is [2H]c1nc(-c2ccc(Br)nc2)[nH]c1[2H]. The summed E-state index contributed by atoms with van der Waals surface area (Å²) in [6.07, 6.45) is 1.59. The first-order valence-electron chi connectivity index (χ1n) is 4.32. The lowest BCUT2D eigenvalue weighted by Gasteiger charge is -1.94. The number of rotatable bonds is 1. The predicted molar refractivity (Wildman–Crippen MR) is 49.5 cm³/mol. The molecule has 3 nitrogen and oxygen atoms in total. The number of hydrogen-bond acceptors (Lipinski definition) is 2. The fourth-order valence-electron chi connectivity index (χ4n) is 0.852. The Morgan fingerprint density at radius 1 is 1.42 bits per heavy atom. The summed E-state index contributed by atoms with van der Waals surface area (Å²) in [6, 6.07) is 3.60. The molecular weight excluding hydrogens is 218 g/mol. The molecule has 2 heterocycles. The number of aromatic amines is 1. The molecule has 12 heavy (non-hydrogen) atoms. The Morgan fingerprint density at radius 2 is 2.33 bits per heavy atom. The van der Waals surface area contributed by atoms with Gasteiger partial charge in [-0.2, -0.15) is 0 Å². The van der Waals surface area contributed by atoms with Gasteiger partial charge in [-0.25, -0.2) is 9.97 Å². The molecule has 0 spiro atoms. The Balaban J connectivity index is 2.44. The highest BCUT2D eigenvalue weighted by molar-refractivity contribution is 9.10. The van der Waals surface area contributed by atoms with E-state index in [0.717, 1.165) is 10.2 Å². The molecule has 0 aliphatic carbocycles. The average molecular weight is 226 g/mol. The van der Waals surface area contributed by atoms with Crippen LogP contribution in [-0.2, 0) is 0 Å². The summed E-state index contributed by atoms with van der Waals surface area (Å²) in [7, 11) is 0. The minimum Gasteiger partial charge on any atom is -0.345 e. The lowest BCUT2D eigenvalue weighted by atomic mass is 10.3. The maximum absolute atomic E-state index is 7.30. The van der Waals surface area contributed by atoms with E-state index in [0.29, 0.717) is 5.82 Å². The number of nitrogens with one attached hydrogen (secondary N) is 1. The van der Waals surface area contributed by atoms with Crippen LogP contribution in [0.25, 0.3) is 11.4 Å². The van der Waals surface area contributed by atoms with Crippen molar-refractivity contribution in [1.29, 1.82) is 0 Å². The van der Waals surface area contributed by atoms with Crippen molar-refractivity contribution in [3.63, 3.8) is 0 Å². The molecular formula is C8H6BrN3. The Morgan fingerprint density at radius 3 is 2.92 bits per heavy atom. The second-order valence-corrected chi connectivity index (χ2v) is 3.00. The van der Waals surface area contributed by atoms with Gasteiger partial charge >= 0.3 is 0 Å². The van der Waals surface area contributed by atoms with Crippen molar-refractivity contribution in [2.45, 2.75) is 0 Å². The molecule has 0 amide bonds. The number of pyridine rings is 1. The van der Waals surface area contributed by atoms with Gasteiger partial charge < -0.3 is 4.98 Å². The van der Waals surface area contributed by atoms with Gasteiger partial charge in [0.15, 0.2) is 0 Å². The molecule has 0 bridgehead atoms. The van der Waals surface area contributed by atoms with E-state index >= 15 is 0 Å². The quantitative estimate of drug-likeness (QED) is 0.757. The van der Waals surface area contributed by atoms with Gasteiger partial charge in [0.1, 0.15) is 10.4 Å². The van der Waals surface area contributed by atoms with Crippen molar-refractivity contribution in [3.8, 4) is 11.4 Å². The van der Waals surface area contributed by atoms with Crippen LogP contribution in [-0.4, -0.2) is 15.0 Å². The number of imidazole rings is 1. The van der Waals surface area contributed by atoms with Gasteiger partial charge in [0.2, 0.25) is 0 Å². The normalized spacial score (nSPS) is 12.4. The Labute approximate surface area is 80.8 Å². The number of aromatic nitrogens is 3. The summed E-state index contributed by atoms with van der Waals surface area (Å²) < 4.78 is 15.3. The van der Waals surface area contributed by atoms with Crippen molar-refractivity contribution in [1.82, 2.24) is 15.0 Å². The third-order valence-corrected chi connectivity index (χ3v) is 1.87. The number of H-pyrrole nitrogens is 1. The van der Waals surface area contributed by atoms with Crippen LogP contribution in [0.3, 0.4) is 0 Å². The summed E-state index contributed by atoms with van der Waals surface area (Å²) in [6.45, 7) is 0. The molecule has 0 fully saturated rings. The van der Waals surface area contributed by atoms with Crippen molar-refractivity contribution in [2.24, 2.45) is 0 Å². The van der Waals surface area contributed by atoms with Crippen LogP contribution in [0, 0.1) is 0 Å². The topological polar surface area (TPSA) is 41.6 Å². The number of nitrogens with zero attached hydrogens (tertiary/aromatic N) is 2. The predicted octanol–water partition coefficient (Wildman–Crippen LogP) is 2.23. The van der Waals surface area contributed by atoms with Crippen molar-refractivity contribution >= 4 is 15.9 Å². The molecule has 4 heteroatoms. The number of halogens is 1. The third-order valence-electron chi connectivity index (χ3n) is 1.41. The zero-order valence-corrected chi connectivity index (χ0v) is 7.59. The van der Waals surface area contributed by atoms with E-state index in [9.17, 15) is 0 Å². The summed E-state index contributed by atoms with van der Waals surface area (Å²) in [5.74, 6) is 0.500. The first-order valence-corrected chi connectivity index (χ1v) is 4.11. The average Bonchev–Trinajstić information content (AvgIpc) is 2.48. The van der Waals surface area contributed by atoms with Gasteiger partial charge in [0.25, 0.3) is 0 Å². The molecule has 2 aromatic rings. The zero-order valence-electron chi connectivity index (χ0n) is 8.00. The molecule has 2 aromatic heterocycles. The molecule has 0 unspecified atom stereocenters. The van der Waals surface area contributed by atoms with Gasteiger partial charge in [0, 0.05) is 24.1 Å². The third kappa shape index (κ3) is 1.38. The van der Waals surface area contributed by atoms with Crippen LogP contribution in [0.5, 0.6) is 0 Å². The minimum atomic E-state index is -0.0529. The van der Waals surface area contributed by atoms with Crippen LogP contribution < -0.4 is 0 Å². The second-order valence-electron chi connectivity index (χ2n) is 2.19. The maximum atomic E-state index is 7.30. The highest BCUT2D eigenvalue weighted by atomic mass is 79.9.